The summed E-state index contributed by atoms with van der Waals surface area (Å²) in [5.74, 6) is 0.791. The maximum atomic E-state index is 4.69. The Morgan fingerprint density at radius 1 is 1.12 bits per heavy atom. The third kappa shape index (κ3) is 3.05. The maximum Gasteiger partial charge on any atom is 0.188 e. The Kier molecular flexibility index (Phi) is 4.64. The number of hydrogen-bond acceptors (Lipinski definition) is 5. The second-order valence-electron chi connectivity index (χ2n) is 5.36. The van der Waals surface area contributed by atoms with E-state index in [0.717, 1.165) is 33.7 Å². The standard InChI is InChI=1S/C17H15N5S.BrH/c1-11-6-8-22-15(9-11)19-12(2)16(22)13-10-23-17(20-13)21-14-5-3-4-7-18-14;/h3-10H,1-2H3,(H,18,20,21);1H. The number of nitrogens with zero attached hydrogens (tertiary/aromatic N) is 4. The van der Waals surface area contributed by atoms with Crippen molar-refractivity contribution in [3.05, 3.63) is 59.4 Å². The Hall–Kier alpha value is -2.25. The number of anilines is 2. The Bertz CT molecular complexity index is 977. The number of rotatable bonds is 3. The van der Waals surface area contributed by atoms with E-state index in [-0.39, 0.29) is 17.0 Å². The summed E-state index contributed by atoms with van der Waals surface area (Å²) in [6, 6.07) is 9.92. The molecule has 0 aliphatic heterocycles. The molecular weight excluding hydrogens is 386 g/mol. The molecule has 122 valence electrons. The van der Waals surface area contributed by atoms with Gasteiger partial charge in [-0.15, -0.1) is 28.3 Å². The molecule has 0 fully saturated rings. The van der Waals surface area contributed by atoms with E-state index in [0.29, 0.717) is 0 Å². The summed E-state index contributed by atoms with van der Waals surface area (Å²) in [6.45, 7) is 4.09. The summed E-state index contributed by atoms with van der Waals surface area (Å²) in [5, 5.41) is 6.09. The fourth-order valence-electron chi connectivity index (χ4n) is 2.56. The number of aryl methyl sites for hydroxylation is 2. The zero-order chi connectivity index (χ0) is 15.8. The largest absolute Gasteiger partial charge is 0.316 e. The van der Waals surface area contributed by atoms with Gasteiger partial charge in [0.1, 0.15) is 17.2 Å². The van der Waals surface area contributed by atoms with Crippen LogP contribution in [0.25, 0.3) is 17.0 Å². The minimum Gasteiger partial charge on any atom is -0.316 e. The summed E-state index contributed by atoms with van der Waals surface area (Å²) >= 11 is 1.56. The molecule has 0 amide bonds. The number of imidazole rings is 1. The van der Waals surface area contributed by atoms with E-state index in [1.54, 1.807) is 17.5 Å². The van der Waals surface area contributed by atoms with Crippen LogP contribution in [0.15, 0.2) is 48.1 Å². The average molecular weight is 402 g/mol. The third-order valence-electron chi connectivity index (χ3n) is 3.60. The Morgan fingerprint density at radius 3 is 2.79 bits per heavy atom. The first kappa shape index (κ1) is 16.6. The van der Waals surface area contributed by atoms with Crippen molar-refractivity contribution in [1.29, 1.82) is 0 Å². The molecule has 0 aliphatic carbocycles. The second kappa shape index (κ2) is 6.70. The number of halogens is 1. The molecule has 0 saturated carbocycles. The Labute approximate surface area is 154 Å². The molecule has 5 nitrogen and oxygen atoms in total. The van der Waals surface area contributed by atoms with E-state index in [2.05, 4.69) is 43.7 Å². The number of nitrogens with one attached hydrogen (secondary N) is 1. The molecule has 0 bridgehead atoms. The summed E-state index contributed by atoms with van der Waals surface area (Å²) in [6.07, 6.45) is 3.80. The van der Waals surface area contributed by atoms with Crippen molar-refractivity contribution >= 4 is 44.9 Å². The van der Waals surface area contributed by atoms with Crippen LogP contribution in [0.2, 0.25) is 0 Å². The smallest absolute Gasteiger partial charge is 0.188 e. The second-order valence-corrected chi connectivity index (χ2v) is 6.21. The first-order chi connectivity index (χ1) is 11.2. The van der Waals surface area contributed by atoms with Crippen molar-refractivity contribution in [1.82, 2.24) is 19.4 Å². The molecule has 4 aromatic heterocycles. The lowest BCUT2D eigenvalue weighted by Crippen LogP contribution is -1.93. The number of hydrogen-bond donors (Lipinski definition) is 1. The summed E-state index contributed by atoms with van der Waals surface area (Å²) < 4.78 is 2.09. The molecule has 4 aromatic rings. The number of aromatic nitrogens is 4. The minimum absolute atomic E-state index is 0. The lowest BCUT2D eigenvalue weighted by molar-refractivity contribution is 1.16. The van der Waals surface area contributed by atoms with Crippen molar-refractivity contribution in [2.75, 3.05) is 5.32 Å². The highest BCUT2D eigenvalue weighted by molar-refractivity contribution is 8.93. The molecule has 0 atom stereocenters. The molecular formula is C17H16BrN5S. The lowest BCUT2D eigenvalue weighted by atomic mass is 10.2. The summed E-state index contributed by atoms with van der Waals surface area (Å²) in [7, 11) is 0. The predicted octanol–water partition coefficient (Wildman–Crippen LogP) is 4.79. The van der Waals surface area contributed by atoms with Gasteiger partial charge in [0.25, 0.3) is 0 Å². The molecule has 1 N–H and O–H groups in total. The van der Waals surface area contributed by atoms with E-state index in [1.807, 2.05) is 36.7 Å². The van der Waals surface area contributed by atoms with Crippen LogP contribution in [0.1, 0.15) is 11.3 Å². The lowest BCUT2D eigenvalue weighted by Gasteiger charge is -2.01. The van der Waals surface area contributed by atoms with Gasteiger partial charge in [-0.25, -0.2) is 15.0 Å². The van der Waals surface area contributed by atoms with Crippen molar-refractivity contribution in [3.63, 3.8) is 0 Å². The fourth-order valence-corrected chi connectivity index (χ4v) is 3.26. The third-order valence-corrected chi connectivity index (χ3v) is 4.36. The van der Waals surface area contributed by atoms with Crippen LogP contribution >= 0.6 is 28.3 Å². The Balaban J connectivity index is 0.00000169. The monoisotopic (exact) mass is 401 g/mol. The number of fused-ring (bicyclic) bond motifs is 1. The van der Waals surface area contributed by atoms with Gasteiger partial charge in [-0.05, 0) is 43.7 Å². The molecule has 4 heterocycles. The van der Waals surface area contributed by atoms with Gasteiger partial charge < -0.3 is 5.32 Å². The predicted molar refractivity (Wildman–Crippen MR) is 104 cm³/mol. The van der Waals surface area contributed by atoms with Crippen LogP contribution in [0, 0.1) is 13.8 Å². The van der Waals surface area contributed by atoms with Gasteiger partial charge in [-0.1, -0.05) is 6.07 Å². The van der Waals surface area contributed by atoms with Crippen LogP contribution in [0.4, 0.5) is 10.9 Å². The fraction of sp³-hybridized carbons (Fsp3) is 0.118. The molecule has 0 spiro atoms. The van der Waals surface area contributed by atoms with Gasteiger partial charge >= 0.3 is 0 Å². The molecule has 0 aromatic carbocycles. The van der Waals surface area contributed by atoms with Crippen molar-refractivity contribution in [3.8, 4) is 11.4 Å². The van der Waals surface area contributed by atoms with Crippen molar-refractivity contribution in [2.45, 2.75) is 13.8 Å². The topological polar surface area (TPSA) is 55.1 Å². The zero-order valence-corrected chi connectivity index (χ0v) is 15.8. The summed E-state index contributed by atoms with van der Waals surface area (Å²) in [5.41, 5.74) is 5.08. The SMILES string of the molecule is Br.Cc1ccn2c(-c3csc(Nc4ccccn4)n3)c(C)nc2c1. The maximum absolute atomic E-state index is 4.69. The molecule has 0 saturated heterocycles. The van der Waals surface area contributed by atoms with E-state index in [9.17, 15) is 0 Å². The molecule has 7 heteroatoms. The van der Waals surface area contributed by atoms with E-state index in [1.165, 1.54) is 5.56 Å². The van der Waals surface area contributed by atoms with Crippen LogP contribution in [-0.2, 0) is 0 Å². The average Bonchev–Trinajstić information content (AvgIpc) is 3.11. The van der Waals surface area contributed by atoms with Crippen LogP contribution in [-0.4, -0.2) is 19.4 Å². The molecule has 0 radical (unpaired) electrons. The van der Waals surface area contributed by atoms with Gasteiger partial charge in [0.2, 0.25) is 0 Å². The van der Waals surface area contributed by atoms with E-state index in [4.69, 9.17) is 0 Å². The summed E-state index contributed by atoms with van der Waals surface area (Å²) in [4.78, 5) is 13.6. The first-order valence-electron chi connectivity index (χ1n) is 7.30. The van der Waals surface area contributed by atoms with Gasteiger partial charge in [0, 0.05) is 17.8 Å². The van der Waals surface area contributed by atoms with Crippen LogP contribution < -0.4 is 5.32 Å². The Morgan fingerprint density at radius 2 is 2.00 bits per heavy atom. The van der Waals surface area contributed by atoms with Crippen LogP contribution in [0.3, 0.4) is 0 Å². The first-order valence-corrected chi connectivity index (χ1v) is 8.18. The van der Waals surface area contributed by atoms with Crippen molar-refractivity contribution < 1.29 is 0 Å². The van der Waals surface area contributed by atoms with Gasteiger partial charge in [0.15, 0.2) is 5.13 Å². The molecule has 0 unspecified atom stereocenters. The van der Waals surface area contributed by atoms with E-state index >= 15 is 0 Å². The number of thiazole rings is 1. The minimum atomic E-state index is 0. The molecule has 0 aliphatic rings. The quantitative estimate of drug-likeness (QED) is 0.535. The number of pyridine rings is 2. The molecule has 24 heavy (non-hydrogen) atoms. The highest BCUT2D eigenvalue weighted by Gasteiger charge is 2.14. The van der Waals surface area contributed by atoms with E-state index < -0.39 is 0 Å². The van der Waals surface area contributed by atoms with Gasteiger partial charge in [-0.2, -0.15) is 0 Å². The van der Waals surface area contributed by atoms with Gasteiger partial charge in [-0.3, -0.25) is 4.40 Å². The van der Waals surface area contributed by atoms with Crippen LogP contribution in [0.5, 0.6) is 0 Å². The molecule has 4 rings (SSSR count). The van der Waals surface area contributed by atoms with Crippen molar-refractivity contribution in [2.24, 2.45) is 0 Å². The highest BCUT2D eigenvalue weighted by atomic mass is 79.9. The normalized spacial score (nSPS) is 10.6. The highest BCUT2D eigenvalue weighted by Crippen LogP contribution is 2.29. The van der Waals surface area contributed by atoms with Gasteiger partial charge in [0.05, 0.1) is 11.4 Å². The zero-order valence-electron chi connectivity index (χ0n) is 13.2.